The van der Waals surface area contributed by atoms with Gasteiger partial charge in [-0.1, -0.05) is 102 Å². The molecule has 0 fully saturated rings. The molecule has 0 bridgehead atoms. The highest BCUT2D eigenvalue weighted by Crippen LogP contribution is 2.37. The Morgan fingerprint density at radius 1 is 0.788 bits per heavy atom. The smallest absolute Gasteiger partial charge is 0.338 e. The number of rotatable bonds is 9. The second-order valence-corrected chi connectivity index (χ2v) is 13.4. The SMILES string of the molecule is CCOC(=O)C1=C(C)N=c2s/c(=C\c3cc(-c4ccccc4)n(-c4ccc(C(=O)OCC)cc4)c3-c3ccccc3)c(=O)n2[C@@H]1c1ccc(C)cc1. The van der Waals surface area contributed by atoms with E-state index in [1.165, 1.54) is 11.3 Å². The zero-order valence-electron chi connectivity index (χ0n) is 29.3. The van der Waals surface area contributed by atoms with E-state index in [-0.39, 0.29) is 18.1 Å². The molecule has 8 nitrogen and oxygen atoms in total. The molecule has 0 saturated carbocycles. The number of allylic oxidation sites excluding steroid dienone is 1. The van der Waals surface area contributed by atoms with E-state index in [0.717, 1.165) is 44.9 Å². The number of thiazole rings is 1. The van der Waals surface area contributed by atoms with Crippen LogP contribution in [0.1, 0.15) is 53.9 Å². The third kappa shape index (κ3) is 6.47. The summed E-state index contributed by atoms with van der Waals surface area (Å²) in [5, 5.41) is 0. The molecule has 1 aliphatic rings. The lowest BCUT2D eigenvalue weighted by Gasteiger charge is -2.24. The van der Waals surface area contributed by atoms with Crippen LogP contribution in [0.3, 0.4) is 0 Å². The zero-order chi connectivity index (χ0) is 36.4. The second kappa shape index (κ2) is 14.7. The Bertz CT molecular complexity index is 2490. The third-order valence-electron chi connectivity index (χ3n) is 8.98. The molecule has 3 heterocycles. The van der Waals surface area contributed by atoms with Crippen molar-refractivity contribution in [3.63, 3.8) is 0 Å². The van der Waals surface area contributed by atoms with Crippen LogP contribution < -0.4 is 14.9 Å². The Kier molecular flexibility index (Phi) is 9.69. The van der Waals surface area contributed by atoms with E-state index in [1.54, 1.807) is 37.5 Å². The van der Waals surface area contributed by atoms with Gasteiger partial charge in [0.1, 0.15) is 0 Å². The molecule has 0 aliphatic carbocycles. The van der Waals surface area contributed by atoms with Crippen molar-refractivity contribution in [2.75, 3.05) is 13.2 Å². The molecule has 9 heteroatoms. The van der Waals surface area contributed by atoms with E-state index in [9.17, 15) is 14.4 Å². The van der Waals surface area contributed by atoms with Gasteiger partial charge in [0.25, 0.3) is 5.56 Å². The van der Waals surface area contributed by atoms with Gasteiger partial charge in [0, 0.05) is 11.3 Å². The summed E-state index contributed by atoms with van der Waals surface area (Å²) in [6, 6.07) is 36.6. The molecule has 2 aromatic heterocycles. The van der Waals surface area contributed by atoms with Crippen LogP contribution in [-0.4, -0.2) is 34.3 Å². The van der Waals surface area contributed by atoms with Gasteiger partial charge in [0.2, 0.25) is 0 Å². The minimum Gasteiger partial charge on any atom is -0.463 e. The summed E-state index contributed by atoms with van der Waals surface area (Å²) in [5.74, 6) is -0.872. The van der Waals surface area contributed by atoms with Gasteiger partial charge in [0.15, 0.2) is 4.80 Å². The van der Waals surface area contributed by atoms with Crippen molar-refractivity contribution in [3.05, 3.63) is 168 Å². The van der Waals surface area contributed by atoms with Gasteiger partial charge < -0.3 is 14.0 Å². The molecule has 6 aromatic rings. The van der Waals surface area contributed by atoms with Crippen LogP contribution in [0.25, 0.3) is 34.3 Å². The molecular formula is C43H37N3O5S. The molecule has 0 spiro atoms. The van der Waals surface area contributed by atoms with Crippen LogP contribution in [-0.2, 0) is 14.3 Å². The average molecular weight is 708 g/mol. The molecule has 1 aliphatic heterocycles. The molecule has 260 valence electrons. The summed E-state index contributed by atoms with van der Waals surface area (Å²) in [6.07, 6.45) is 1.91. The maximum absolute atomic E-state index is 14.6. The van der Waals surface area contributed by atoms with Gasteiger partial charge in [-0.15, -0.1) is 0 Å². The monoisotopic (exact) mass is 707 g/mol. The first-order chi connectivity index (χ1) is 25.3. The number of carbonyl (C=O) groups is 2. The molecule has 0 radical (unpaired) electrons. The number of carbonyl (C=O) groups excluding carboxylic acids is 2. The number of benzene rings is 4. The highest BCUT2D eigenvalue weighted by atomic mass is 32.1. The Morgan fingerprint density at radius 2 is 1.40 bits per heavy atom. The van der Waals surface area contributed by atoms with E-state index in [4.69, 9.17) is 14.5 Å². The van der Waals surface area contributed by atoms with Gasteiger partial charge in [-0.3, -0.25) is 9.36 Å². The van der Waals surface area contributed by atoms with Crippen molar-refractivity contribution in [3.8, 4) is 28.2 Å². The minimum absolute atomic E-state index is 0.204. The van der Waals surface area contributed by atoms with E-state index in [0.29, 0.717) is 32.8 Å². The number of esters is 2. The summed E-state index contributed by atoms with van der Waals surface area (Å²) in [4.78, 5) is 45.8. The first kappa shape index (κ1) is 34.4. The van der Waals surface area contributed by atoms with Crippen LogP contribution in [0, 0.1) is 6.92 Å². The van der Waals surface area contributed by atoms with Crippen LogP contribution in [0.15, 0.2) is 136 Å². The van der Waals surface area contributed by atoms with E-state index < -0.39 is 12.0 Å². The molecule has 52 heavy (non-hydrogen) atoms. The average Bonchev–Trinajstić information content (AvgIpc) is 3.69. The molecule has 0 saturated heterocycles. The molecule has 0 N–H and O–H groups in total. The van der Waals surface area contributed by atoms with Crippen LogP contribution in [0.4, 0.5) is 0 Å². The minimum atomic E-state index is -0.700. The largest absolute Gasteiger partial charge is 0.463 e. The lowest BCUT2D eigenvalue weighted by molar-refractivity contribution is -0.139. The van der Waals surface area contributed by atoms with Gasteiger partial charge in [-0.05, 0) is 80.8 Å². The molecular weight excluding hydrogens is 671 g/mol. The molecule has 1 atom stereocenters. The van der Waals surface area contributed by atoms with Crippen molar-refractivity contribution < 1.29 is 19.1 Å². The quantitative estimate of drug-likeness (QED) is 0.146. The summed E-state index contributed by atoms with van der Waals surface area (Å²) in [6.45, 7) is 7.83. The van der Waals surface area contributed by atoms with Crippen LogP contribution in [0.5, 0.6) is 0 Å². The Morgan fingerprint density at radius 3 is 2.04 bits per heavy atom. The standard InChI is InChI=1S/C43H37N3O5S/c1-5-50-41(48)32-21-23-34(24-22-32)45-35(29-13-9-7-10-14-29)25-33(38(45)30-15-11-8-12-16-30)26-36-40(47)46-39(31-19-17-27(3)18-20-31)37(42(49)51-6-2)28(4)44-43(46)52-36/h7-26,39H,5-6H2,1-4H3/b36-26-/t39-/m1/s1. The highest BCUT2D eigenvalue weighted by molar-refractivity contribution is 7.07. The maximum atomic E-state index is 14.6. The number of aryl methyl sites for hydroxylation is 1. The summed E-state index contributed by atoms with van der Waals surface area (Å²) < 4.78 is 15.0. The molecule has 0 amide bonds. The van der Waals surface area contributed by atoms with Crippen molar-refractivity contribution in [2.24, 2.45) is 4.99 Å². The maximum Gasteiger partial charge on any atom is 0.338 e. The van der Waals surface area contributed by atoms with Gasteiger partial charge in [-0.2, -0.15) is 0 Å². The van der Waals surface area contributed by atoms with Crippen LogP contribution in [0.2, 0.25) is 0 Å². The number of nitrogens with zero attached hydrogens (tertiary/aromatic N) is 3. The summed E-state index contributed by atoms with van der Waals surface area (Å²) >= 11 is 1.29. The summed E-state index contributed by atoms with van der Waals surface area (Å²) in [5.41, 5.74) is 8.27. The first-order valence-corrected chi connectivity index (χ1v) is 18.0. The third-order valence-corrected chi connectivity index (χ3v) is 9.96. The normalized spacial score (nSPS) is 14.2. The predicted octanol–water partition coefficient (Wildman–Crippen LogP) is 7.41. The fourth-order valence-corrected chi connectivity index (χ4v) is 7.62. The second-order valence-electron chi connectivity index (χ2n) is 12.4. The van der Waals surface area contributed by atoms with E-state index in [2.05, 4.69) is 10.6 Å². The Labute approximate surface area is 305 Å². The highest BCUT2D eigenvalue weighted by Gasteiger charge is 2.33. The van der Waals surface area contributed by atoms with E-state index >= 15 is 0 Å². The zero-order valence-corrected chi connectivity index (χ0v) is 30.1. The van der Waals surface area contributed by atoms with Gasteiger partial charge >= 0.3 is 11.9 Å². The number of hydrogen-bond acceptors (Lipinski definition) is 7. The van der Waals surface area contributed by atoms with Crippen molar-refractivity contribution in [2.45, 2.75) is 33.7 Å². The lowest BCUT2D eigenvalue weighted by atomic mass is 9.95. The molecule has 0 unspecified atom stereocenters. The van der Waals surface area contributed by atoms with Crippen molar-refractivity contribution in [1.82, 2.24) is 9.13 Å². The number of aromatic nitrogens is 2. The lowest BCUT2D eigenvalue weighted by Crippen LogP contribution is -2.39. The fraction of sp³-hybridized carbons (Fsp3) is 0.163. The van der Waals surface area contributed by atoms with Crippen molar-refractivity contribution >= 4 is 29.4 Å². The van der Waals surface area contributed by atoms with Gasteiger partial charge in [-0.25, -0.2) is 14.6 Å². The van der Waals surface area contributed by atoms with Crippen LogP contribution >= 0.6 is 11.3 Å². The Hall–Kier alpha value is -6.06. The molecule has 4 aromatic carbocycles. The van der Waals surface area contributed by atoms with E-state index in [1.807, 2.05) is 110 Å². The fourth-order valence-electron chi connectivity index (χ4n) is 6.58. The summed E-state index contributed by atoms with van der Waals surface area (Å²) in [7, 11) is 0. The number of hydrogen-bond donors (Lipinski definition) is 0. The molecule has 7 rings (SSSR count). The number of ether oxygens (including phenoxy) is 2. The topological polar surface area (TPSA) is 91.9 Å². The van der Waals surface area contributed by atoms with Crippen molar-refractivity contribution in [1.29, 1.82) is 0 Å². The predicted molar refractivity (Wildman–Crippen MR) is 204 cm³/mol. The first-order valence-electron chi connectivity index (χ1n) is 17.2. The number of fused-ring (bicyclic) bond motifs is 1. The van der Waals surface area contributed by atoms with Gasteiger partial charge in [0.05, 0.1) is 52.0 Å². The Balaban J connectivity index is 1.48.